The van der Waals surface area contributed by atoms with E-state index in [1.165, 1.54) is 21.9 Å². The van der Waals surface area contributed by atoms with E-state index in [4.69, 9.17) is 19.4 Å². The van der Waals surface area contributed by atoms with Crippen LogP contribution in [-0.2, 0) is 0 Å². The van der Waals surface area contributed by atoms with Crippen LogP contribution in [0.3, 0.4) is 0 Å². The maximum atomic E-state index is 6.68. The first kappa shape index (κ1) is 35.5. The van der Waals surface area contributed by atoms with E-state index in [9.17, 15) is 0 Å². The lowest BCUT2D eigenvalue weighted by Crippen LogP contribution is -2.01. The average Bonchev–Trinajstić information content (AvgIpc) is 3.91. The van der Waals surface area contributed by atoms with Gasteiger partial charge in [-0.1, -0.05) is 188 Å². The summed E-state index contributed by atoms with van der Waals surface area (Å²) in [5.41, 5.74) is 14.6. The highest BCUT2D eigenvalue weighted by molar-refractivity contribution is 6.15. The zero-order valence-corrected chi connectivity index (χ0v) is 33.5. The molecule has 0 atom stereocenters. The maximum absolute atomic E-state index is 6.68. The normalized spacial score (nSPS) is 11.5. The molecule has 12 rings (SSSR count). The molecule has 0 radical (unpaired) electrons. The molecule has 5 nitrogen and oxygen atoms in total. The number of hydrogen-bond acceptors (Lipinski definition) is 4. The quantitative estimate of drug-likeness (QED) is 0.161. The molecule has 9 aromatic carbocycles. The number of nitrogens with zero attached hydrogens (tertiary/aromatic N) is 4. The second kappa shape index (κ2) is 14.7. The first-order valence-electron chi connectivity index (χ1n) is 20.8. The van der Waals surface area contributed by atoms with E-state index in [0.717, 1.165) is 77.6 Å². The molecule has 0 saturated carbocycles. The summed E-state index contributed by atoms with van der Waals surface area (Å²) in [6.45, 7) is 0. The fourth-order valence-electron chi connectivity index (χ4n) is 8.91. The van der Waals surface area contributed by atoms with Gasteiger partial charge in [0, 0.05) is 55.0 Å². The van der Waals surface area contributed by atoms with Crippen molar-refractivity contribution in [1.82, 2.24) is 19.5 Å². The SMILES string of the molecule is c1ccc(-c2ccc(-c3cccc4c3oc3ccc(-c5cccc6c7ccccc7n(-c7cccc(-c8nc(-c9ccccc9)nc(-c9ccccc9)n8)c7)c56)cc34)cc2)cc1. The van der Waals surface area contributed by atoms with Crippen LogP contribution in [0.2, 0.25) is 0 Å². The molecule has 290 valence electrons. The molecule has 0 aliphatic rings. The third-order valence-corrected chi connectivity index (χ3v) is 11.9. The van der Waals surface area contributed by atoms with E-state index in [1.54, 1.807) is 0 Å². The summed E-state index contributed by atoms with van der Waals surface area (Å²) in [4.78, 5) is 15.1. The topological polar surface area (TPSA) is 56.7 Å². The van der Waals surface area contributed by atoms with Crippen LogP contribution in [0.25, 0.3) is 117 Å². The highest BCUT2D eigenvalue weighted by Crippen LogP contribution is 2.42. The number of fused-ring (bicyclic) bond motifs is 6. The van der Waals surface area contributed by atoms with Crippen molar-refractivity contribution >= 4 is 43.7 Å². The number of rotatable bonds is 7. The lowest BCUT2D eigenvalue weighted by atomic mass is 9.97. The Labute approximate surface area is 357 Å². The van der Waals surface area contributed by atoms with Gasteiger partial charge in [-0.05, 0) is 52.6 Å². The molecule has 0 amide bonds. The average molecular weight is 793 g/mol. The second-order valence-corrected chi connectivity index (χ2v) is 15.6. The number of benzene rings is 9. The summed E-state index contributed by atoms with van der Waals surface area (Å²) in [6, 6.07) is 76.3. The Kier molecular flexibility index (Phi) is 8.42. The smallest absolute Gasteiger partial charge is 0.164 e. The van der Waals surface area contributed by atoms with Gasteiger partial charge < -0.3 is 8.98 Å². The van der Waals surface area contributed by atoms with Crippen LogP contribution >= 0.6 is 0 Å². The minimum absolute atomic E-state index is 0.615. The molecule has 0 spiro atoms. The molecule has 12 aromatic rings. The second-order valence-electron chi connectivity index (χ2n) is 15.6. The Balaban J connectivity index is 1.00. The van der Waals surface area contributed by atoms with Gasteiger partial charge in [0.15, 0.2) is 17.5 Å². The van der Waals surface area contributed by atoms with E-state index in [0.29, 0.717) is 17.5 Å². The molecule has 0 unspecified atom stereocenters. The monoisotopic (exact) mass is 792 g/mol. The Morgan fingerprint density at radius 3 is 1.55 bits per heavy atom. The zero-order valence-electron chi connectivity index (χ0n) is 33.5. The highest BCUT2D eigenvalue weighted by Gasteiger charge is 2.20. The van der Waals surface area contributed by atoms with E-state index < -0.39 is 0 Å². The summed E-state index contributed by atoms with van der Waals surface area (Å²) in [5, 5.41) is 4.54. The van der Waals surface area contributed by atoms with Gasteiger partial charge in [-0.3, -0.25) is 0 Å². The molecule has 0 N–H and O–H groups in total. The standard InChI is InChI=1S/C57H36N4O/c1-4-15-37(16-5-1)38-29-31-39(32-30-38)46-25-14-27-49-50-36-42(33-34-52(50)62-54(46)49)45-24-13-26-48-47-23-10-11-28-51(47)61(53(45)48)44-22-12-21-43(35-44)57-59-55(40-17-6-2-7-18-40)58-56(60-57)41-19-8-3-9-20-41/h1-36H. The lowest BCUT2D eigenvalue weighted by molar-refractivity contribution is 0.670. The van der Waals surface area contributed by atoms with Crippen molar-refractivity contribution < 1.29 is 4.42 Å². The Hall–Kier alpha value is -8.41. The van der Waals surface area contributed by atoms with Crippen LogP contribution in [0.4, 0.5) is 0 Å². The van der Waals surface area contributed by atoms with Gasteiger partial charge in [0.05, 0.1) is 11.0 Å². The van der Waals surface area contributed by atoms with Crippen LogP contribution in [0.1, 0.15) is 0 Å². The molecular weight excluding hydrogens is 757 g/mol. The number of hydrogen-bond donors (Lipinski definition) is 0. The third kappa shape index (κ3) is 6.06. The van der Waals surface area contributed by atoms with Gasteiger partial charge in [0.2, 0.25) is 0 Å². The summed E-state index contributed by atoms with van der Waals surface area (Å²) in [6.07, 6.45) is 0. The van der Waals surface area contributed by atoms with Crippen LogP contribution in [0.5, 0.6) is 0 Å². The van der Waals surface area contributed by atoms with Crippen molar-refractivity contribution in [2.45, 2.75) is 0 Å². The van der Waals surface area contributed by atoms with Gasteiger partial charge in [0.1, 0.15) is 11.2 Å². The van der Waals surface area contributed by atoms with Crippen molar-refractivity contribution in [2.24, 2.45) is 0 Å². The van der Waals surface area contributed by atoms with Gasteiger partial charge in [-0.15, -0.1) is 0 Å². The number of furan rings is 1. The van der Waals surface area contributed by atoms with Gasteiger partial charge >= 0.3 is 0 Å². The fraction of sp³-hybridized carbons (Fsp3) is 0. The number of aromatic nitrogens is 4. The predicted octanol–water partition coefficient (Wildman–Crippen LogP) is 14.9. The summed E-state index contributed by atoms with van der Waals surface area (Å²) in [5.74, 6) is 1.88. The molecule has 0 aliphatic carbocycles. The molecule has 0 saturated heterocycles. The van der Waals surface area contributed by atoms with E-state index in [2.05, 4.69) is 156 Å². The molecule has 0 bridgehead atoms. The lowest BCUT2D eigenvalue weighted by Gasteiger charge is -2.13. The number of para-hydroxylation sites is 3. The molecule has 3 aromatic heterocycles. The summed E-state index contributed by atoms with van der Waals surface area (Å²) >= 11 is 0. The molecule has 3 heterocycles. The van der Waals surface area contributed by atoms with Gasteiger partial charge in [-0.2, -0.15) is 0 Å². The van der Waals surface area contributed by atoms with Crippen LogP contribution in [0, 0.1) is 0 Å². The van der Waals surface area contributed by atoms with Crippen molar-refractivity contribution in [3.63, 3.8) is 0 Å². The first-order valence-corrected chi connectivity index (χ1v) is 20.8. The van der Waals surface area contributed by atoms with Crippen molar-refractivity contribution in [3.8, 4) is 73.2 Å². The zero-order chi connectivity index (χ0) is 41.0. The maximum Gasteiger partial charge on any atom is 0.164 e. The highest BCUT2D eigenvalue weighted by atomic mass is 16.3. The van der Waals surface area contributed by atoms with Crippen molar-refractivity contribution in [1.29, 1.82) is 0 Å². The van der Waals surface area contributed by atoms with E-state index in [-0.39, 0.29) is 0 Å². The summed E-state index contributed by atoms with van der Waals surface area (Å²) in [7, 11) is 0. The van der Waals surface area contributed by atoms with E-state index >= 15 is 0 Å². The summed E-state index contributed by atoms with van der Waals surface area (Å²) < 4.78 is 9.06. The van der Waals surface area contributed by atoms with E-state index in [1.807, 2.05) is 66.7 Å². The molecule has 5 heteroatoms. The first-order chi connectivity index (χ1) is 30.7. The largest absolute Gasteiger partial charge is 0.455 e. The fourth-order valence-corrected chi connectivity index (χ4v) is 8.91. The minimum atomic E-state index is 0.615. The Bertz CT molecular complexity index is 3550. The Morgan fingerprint density at radius 1 is 0.323 bits per heavy atom. The van der Waals surface area contributed by atoms with Crippen molar-refractivity contribution in [3.05, 3.63) is 218 Å². The predicted molar refractivity (Wildman–Crippen MR) is 254 cm³/mol. The van der Waals surface area contributed by atoms with Crippen LogP contribution < -0.4 is 0 Å². The minimum Gasteiger partial charge on any atom is -0.455 e. The van der Waals surface area contributed by atoms with Crippen molar-refractivity contribution in [2.75, 3.05) is 0 Å². The van der Waals surface area contributed by atoms with Gasteiger partial charge in [0.25, 0.3) is 0 Å². The van der Waals surface area contributed by atoms with Crippen LogP contribution in [0.15, 0.2) is 223 Å². The molecular formula is C57H36N4O. The van der Waals surface area contributed by atoms with Gasteiger partial charge in [-0.25, -0.2) is 15.0 Å². The molecule has 0 fully saturated rings. The molecule has 62 heavy (non-hydrogen) atoms. The third-order valence-electron chi connectivity index (χ3n) is 11.9. The Morgan fingerprint density at radius 2 is 0.839 bits per heavy atom. The molecule has 0 aliphatic heterocycles. The van der Waals surface area contributed by atoms with Crippen LogP contribution in [-0.4, -0.2) is 19.5 Å².